The predicted molar refractivity (Wildman–Crippen MR) is 86.7 cm³/mol. The van der Waals surface area contributed by atoms with Crippen LogP contribution in [0.25, 0.3) is 0 Å². The van der Waals surface area contributed by atoms with Gasteiger partial charge in [-0.05, 0) is 11.5 Å². The van der Waals surface area contributed by atoms with Gasteiger partial charge < -0.3 is 14.4 Å². The Morgan fingerprint density at radius 1 is 1.43 bits per heavy atom. The third-order valence-electron chi connectivity index (χ3n) is 3.59. The third-order valence-corrected chi connectivity index (χ3v) is 3.87. The highest BCUT2D eigenvalue weighted by Crippen LogP contribution is 2.32. The van der Waals surface area contributed by atoms with E-state index < -0.39 is 6.23 Å². The van der Waals surface area contributed by atoms with E-state index >= 15 is 0 Å². The quantitative estimate of drug-likeness (QED) is 0.607. The molecule has 0 bridgehead atoms. The molecule has 1 fully saturated rings. The van der Waals surface area contributed by atoms with Crippen LogP contribution >= 0.6 is 11.6 Å². The number of nitrogens with zero attached hydrogens (tertiary/aromatic N) is 4. The zero-order valence-corrected chi connectivity index (χ0v) is 14.5. The fourth-order valence-electron chi connectivity index (χ4n) is 2.34. The Morgan fingerprint density at radius 3 is 2.74 bits per heavy atom. The van der Waals surface area contributed by atoms with E-state index in [9.17, 15) is 9.59 Å². The van der Waals surface area contributed by atoms with Crippen molar-refractivity contribution in [3.63, 3.8) is 0 Å². The number of aldehydes is 1. The molecule has 2 rings (SSSR count). The zero-order valence-electron chi connectivity index (χ0n) is 13.7. The summed E-state index contributed by atoms with van der Waals surface area (Å²) in [4.78, 5) is 25.8. The Balaban J connectivity index is 2.33. The van der Waals surface area contributed by atoms with Crippen LogP contribution in [0.3, 0.4) is 0 Å². The minimum absolute atomic E-state index is 0.224. The average molecular weight is 341 g/mol. The fraction of sp³-hybridized carbons (Fsp3) is 0.600. The maximum Gasteiger partial charge on any atom is 0.327 e. The molecule has 1 saturated heterocycles. The molecule has 2 heterocycles. The first kappa shape index (κ1) is 17.6. The number of hydrogen-bond donors (Lipinski definition) is 0. The van der Waals surface area contributed by atoms with Crippen molar-refractivity contribution in [2.24, 2.45) is 0 Å². The lowest BCUT2D eigenvalue weighted by Gasteiger charge is -2.25. The number of rotatable bonds is 5. The first-order valence-electron chi connectivity index (χ1n) is 7.39. The van der Waals surface area contributed by atoms with Gasteiger partial charge in [0.1, 0.15) is 6.29 Å². The van der Waals surface area contributed by atoms with E-state index in [1.54, 1.807) is 18.0 Å². The number of ether oxygens (including phenoxy) is 1. The summed E-state index contributed by atoms with van der Waals surface area (Å²) < 4.78 is 5.64. The summed E-state index contributed by atoms with van der Waals surface area (Å²) >= 11 is 6.13. The van der Waals surface area contributed by atoms with Crippen molar-refractivity contribution in [3.05, 3.63) is 16.8 Å². The standard InChI is InChI=1S/C15H21ClN4O3/c1-15(2,3)10-8-11(17-18-13(10)16)20-12(23-7-5-6-21)9-19(4)14(20)22/h6,8,12H,5,7,9H2,1-4H3. The summed E-state index contributed by atoms with van der Waals surface area (Å²) in [5.74, 6) is 0.393. The van der Waals surface area contributed by atoms with Crippen molar-refractivity contribution in [2.45, 2.75) is 38.8 Å². The molecule has 1 atom stereocenters. The number of amides is 2. The Kier molecular flexibility index (Phi) is 5.21. The molecule has 7 nitrogen and oxygen atoms in total. The minimum atomic E-state index is -0.504. The highest BCUT2D eigenvalue weighted by atomic mass is 35.5. The first-order chi connectivity index (χ1) is 10.8. The molecular weight excluding hydrogens is 320 g/mol. The molecule has 0 aromatic carbocycles. The molecule has 1 aliphatic heterocycles. The molecule has 23 heavy (non-hydrogen) atoms. The number of aromatic nitrogens is 2. The van der Waals surface area contributed by atoms with Gasteiger partial charge in [0.15, 0.2) is 17.2 Å². The zero-order chi connectivity index (χ0) is 17.2. The van der Waals surface area contributed by atoms with Crippen molar-refractivity contribution in [1.82, 2.24) is 15.1 Å². The van der Waals surface area contributed by atoms with Crippen LogP contribution < -0.4 is 4.90 Å². The van der Waals surface area contributed by atoms with Gasteiger partial charge in [-0.3, -0.25) is 0 Å². The number of likely N-dealkylation sites (N-methyl/N-ethyl adjacent to an activating group) is 1. The smallest absolute Gasteiger partial charge is 0.327 e. The Labute approximate surface area is 140 Å². The van der Waals surface area contributed by atoms with E-state index in [0.29, 0.717) is 17.5 Å². The van der Waals surface area contributed by atoms with Crippen molar-refractivity contribution in [3.8, 4) is 0 Å². The maximum atomic E-state index is 12.4. The van der Waals surface area contributed by atoms with Gasteiger partial charge in [0.05, 0.1) is 13.2 Å². The predicted octanol–water partition coefficient (Wildman–Crippen LogP) is 2.23. The molecule has 0 radical (unpaired) electrons. The molecule has 0 aliphatic carbocycles. The monoisotopic (exact) mass is 340 g/mol. The van der Waals surface area contributed by atoms with E-state index in [1.165, 1.54) is 4.90 Å². The fourth-order valence-corrected chi connectivity index (χ4v) is 2.71. The van der Waals surface area contributed by atoms with Gasteiger partial charge in [-0.25, -0.2) is 9.69 Å². The van der Waals surface area contributed by atoms with E-state index in [2.05, 4.69) is 10.2 Å². The van der Waals surface area contributed by atoms with Gasteiger partial charge >= 0.3 is 6.03 Å². The van der Waals surface area contributed by atoms with Crippen molar-refractivity contribution >= 4 is 29.7 Å². The molecule has 0 N–H and O–H groups in total. The lowest BCUT2D eigenvalue weighted by Crippen LogP contribution is -2.37. The van der Waals surface area contributed by atoms with Gasteiger partial charge in [-0.2, -0.15) is 0 Å². The molecule has 126 valence electrons. The summed E-state index contributed by atoms with van der Waals surface area (Å²) in [5, 5.41) is 8.34. The normalized spacial score (nSPS) is 18.7. The van der Waals surface area contributed by atoms with Crippen LogP contribution in [0, 0.1) is 0 Å². The summed E-state index contributed by atoms with van der Waals surface area (Å²) in [5.41, 5.74) is 0.572. The molecule has 1 unspecified atom stereocenters. The molecule has 8 heteroatoms. The van der Waals surface area contributed by atoms with E-state index in [-0.39, 0.29) is 24.5 Å². The van der Waals surface area contributed by atoms with Crippen molar-refractivity contribution in [2.75, 3.05) is 25.1 Å². The van der Waals surface area contributed by atoms with Crippen LogP contribution in [0.5, 0.6) is 0 Å². The second kappa shape index (κ2) is 6.80. The molecule has 2 amide bonds. The number of halogens is 1. The van der Waals surface area contributed by atoms with Crippen LogP contribution in [0.15, 0.2) is 6.07 Å². The second-order valence-electron chi connectivity index (χ2n) is 6.47. The Bertz CT molecular complexity index is 603. The van der Waals surface area contributed by atoms with Crippen LogP contribution in [0.4, 0.5) is 10.6 Å². The van der Waals surface area contributed by atoms with Crippen LogP contribution in [-0.2, 0) is 14.9 Å². The minimum Gasteiger partial charge on any atom is -0.355 e. The summed E-state index contributed by atoms with van der Waals surface area (Å²) in [7, 11) is 1.69. The number of hydrogen-bond acceptors (Lipinski definition) is 5. The van der Waals surface area contributed by atoms with E-state index in [1.807, 2.05) is 20.8 Å². The van der Waals surface area contributed by atoms with Crippen molar-refractivity contribution in [1.29, 1.82) is 0 Å². The first-order valence-corrected chi connectivity index (χ1v) is 7.76. The molecular formula is C15H21ClN4O3. The van der Waals surface area contributed by atoms with E-state index in [4.69, 9.17) is 16.3 Å². The largest absolute Gasteiger partial charge is 0.355 e. The Morgan fingerprint density at radius 2 is 2.13 bits per heavy atom. The van der Waals surface area contributed by atoms with Gasteiger partial charge in [-0.1, -0.05) is 32.4 Å². The van der Waals surface area contributed by atoms with Crippen LogP contribution in [0.2, 0.25) is 5.15 Å². The maximum absolute atomic E-state index is 12.4. The average Bonchev–Trinajstić information content (AvgIpc) is 2.74. The lowest BCUT2D eigenvalue weighted by atomic mass is 9.88. The topological polar surface area (TPSA) is 75.6 Å². The molecule has 1 aromatic rings. The summed E-state index contributed by atoms with van der Waals surface area (Å²) in [6.07, 6.45) is 0.558. The molecule has 0 saturated carbocycles. The molecule has 0 spiro atoms. The number of urea groups is 1. The van der Waals surface area contributed by atoms with Gasteiger partial charge in [0.25, 0.3) is 0 Å². The highest BCUT2D eigenvalue weighted by molar-refractivity contribution is 6.30. The molecule has 1 aromatic heterocycles. The SMILES string of the molecule is CN1CC(OCCC=O)N(c2cc(C(C)(C)C)c(Cl)nn2)C1=O. The summed E-state index contributed by atoms with van der Waals surface area (Å²) in [6, 6.07) is 1.54. The van der Waals surface area contributed by atoms with Gasteiger partial charge in [0.2, 0.25) is 0 Å². The van der Waals surface area contributed by atoms with Crippen LogP contribution in [0.1, 0.15) is 32.8 Å². The number of carbonyl (C=O) groups excluding carboxylic acids is 2. The second-order valence-corrected chi connectivity index (χ2v) is 6.83. The summed E-state index contributed by atoms with van der Waals surface area (Å²) in [6.45, 7) is 6.67. The molecule has 1 aliphatic rings. The third kappa shape index (κ3) is 3.79. The lowest BCUT2D eigenvalue weighted by molar-refractivity contribution is -0.109. The van der Waals surface area contributed by atoms with Gasteiger partial charge in [-0.15, -0.1) is 10.2 Å². The van der Waals surface area contributed by atoms with Crippen LogP contribution in [-0.4, -0.2) is 53.8 Å². The Hall–Kier alpha value is -1.73. The van der Waals surface area contributed by atoms with E-state index in [0.717, 1.165) is 11.8 Å². The van der Waals surface area contributed by atoms with Crippen molar-refractivity contribution < 1.29 is 14.3 Å². The van der Waals surface area contributed by atoms with Gasteiger partial charge in [0, 0.05) is 19.0 Å². The number of anilines is 1. The number of carbonyl (C=O) groups is 2. The highest BCUT2D eigenvalue weighted by Gasteiger charge is 2.38.